The van der Waals surface area contributed by atoms with Crippen LogP contribution in [0.3, 0.4) is 0 Å². The Balaban J connectivity index is 1.62. The molecule has 0 aromatic carbocycles. The second kappa shape index (κ2) is 4.56. The summed E-state index contributed by atoms with van der Waals surface area (Å²) in [6.07, 6.45) is 2.47. The Morgan fingerprint density at radius 1 is 1.32 bits per heavy atom. The van der Waals surface area contributed by atoms with E-state index in [0.29, 0.717) is 12.0 Å². The molecule has 5 heteroatoms. The SMILES string of the molecule is CC(C)(C)c1noc(CN2CC3CCC(N)C3C2)n1. The fourth-order valence-electron chi connectivity index (χ4n) is 3.34. The Morgan fingerprint density at radius 2 is 2.11 bits per heavy atom. The van der Waals surface area contributed by atoms with E-state index >= 15 is 0 Å². The molecule has 3 unspecified atom stereocenters. The lowest BCUT2D eigenvalue weighted by Crippen LogP contribution is -2.30. The minimum atomic E-state index is -0.0500. The Kier molecular flexibility index (Phi) is 3.14. The number of rotatable bonds is 2. The van der Waals surface area contributed by atoms with E-state index in [2.05, 4.69) is 35.8 Å². The van der Waals surface area contributed by atoms with Crippen molar-refractivity contribution >= 4 is 0 Å². The molecule has 1 aromatic rings. The Bertz CT molecular complexity index is 451. The van der Waals surface area contributed by atoms with E-state index in [0.717, 1.165) is 37.3 Å². The summed E-state index contributed by atoms with van der Waals surface area (Å²) in [7, 11) is 0. The summed E-state index contributed by atoms with van der Waals surface area (Å²) < 4.78 is 5.37. The third-order valence-electron chi connectivity index (χ3n) is 4.49. The molecule has 2 aliphatic rings. The summed E-state index contributed by atoms with van der Waals surface area (Å²) in [5.41, 5.74) is 6.11. The Labute approximate surface area is 114 Å². The first-order chi connectivity index (χ1) is 8.93. The summed E-state index contributed by atoms with van der Waals surface area (Å²) in [4.78, 5) is 6.92. The summed E-state index contributed by atoms with van der Waals surface area (Å²) in [6, 6.07) is 0.392. The van der Waals surface area contributed by atoms with Gasteiger partial charge in [-0.2, -0.15) is 4.98 Å². The van der Waals surface area contributed by atoms with Gasteiger partial charge in [-0.1, -0.05) is 25.9 Å². The van der Waals surface area contributed by atoms with Crippen LogP contribution in [0, 0.1) is 11.8 Å². The standard InChI is InChI=1S/C14H24N4O/c1-14(2,3)13-16-12(19-17-13)8-18-6-9-4-5-11(15)10(9)7-18/h9-11H,4-8,15H2,1-3H3. The molecule has 2 N–H and O–H groups in total. The maximum absolute atomic E-state index is 6.16. The molecule has 5 nitrogen and oxygen atoms in total. The Morgan fingerprint density at radius 3 is 2.74 bits per heavy atom. The van der Waals surface area contributed by atoms with E-state index in [1.807, 2.05) is 0 Å². The van der Waals surface area contributed by atoms with Crippen LogP contribution < -0.4 is 5.73 Å². The van der Waals surface area contributed by atoms with Gasteiger partial charge >= 0.3 is 0 Å². The number of aromatic nitrogens is 2. The van der Waals surface area contributed by atoms with Crippen LogP contribution in [0.1, 0.15) is 45.3 Å². The quantitative estimate of drug-likeness (QED) is 0.877. The van der Waals surface area contributed by atoms with E-state index in [-0.39, 0.29) is 5.41 Å². The van der Waals surface area contributed by atoms with Crippen molar-refractivity contribution in [2.45, 2.75) is 51.6 Å². The Hall–Kier alpha value is -0.940. The summed E-state index contributed by atoms with van der Waals surface area (Å²) in [6.45, 7) is 9.27. The average Bonchev–Trinajstić information content (AvgIpc) is 2.97. The largest absolute Gasteiger partial charge is 0.338 e. The van der Waals surface area contributed by atoms with Crippen LogP contribution >= 0.6 is 0 Å². The molecule has 1 aromatic heterocycles. The van der Waals surface area contributed by atoms with Crippen LogP contribution in [-0.4, -0.2) is 34.2 Å². The van der Waals surface area contributed by atoms with Gasteiger partial charge in [-0.3, -0.25) is 4.90 Å². The molecule has 2 fully saturated rings. The van der Waals surface area contributed by atoms with Crippen molar-refractivity contribution in [1.82, 2.24) is 15.0 Å². The molecule has 1 aliphatic heterocycles. The van der Waals surface area contributed by atoms with Crippen LogP contribution in [0.15, 0.2) is 4.52 Å². The first-order valence-electron chi connectivity index (χ1n) is 7.24. The van der Waals surface area contributed by atoms with Gasteiger partial charge in [-0.05, 0) is 24.7 Å². The third-order valence-corrected chi connectivity index (χ3v) is 4.49. The number of hydrogen-bond donors (Lipinski definition) is 1. The molecule has 0 bridgehead atoms. The zero-order valence-electron chi connectivity index (χ0n) is 12.1. The highest BCUT2D eigenvalue weighted by molar-refractivity contribution is 5.01. The van der Waals surface area contributed by atoms with Crippen molar-refractivity contribution in [1.29, 1.82) is 0 Å². The highest BCUT2D eigenvalue weighted by Crippen LogP contribution is 2.37. The molecular formula is C14H24N4O. The molecule has 106 valence electrons. The smallest absolute Gasteiger partial charge is 0.240 e. The van der Waals surface area contributed by atoms with E-state index in [4.69, 9.17) is 10.3 Å². The molecule has 1 saturated heterocycles. The second-order valence-corrected chi connectivity index (χ2v) is 7.12. The molecule has 3 atom stereocenters. The van der Waals surface area contributed by atoms with E-state index in [1.54, 1.807) is 0 Å². The minimum absolute atomic E-state index is 0.0500. The van der Waals surface area contributed by atoms with Crippen molar-refractivity contribution in [2.75, 3.05) is 13.1 Å². The monoisotopic (exact) mass is 264 g/mol. The fourth-order valence-corrected chi connectivity index (χ4v) is 3.34. The van der Waals surface area contributed by atoms with Crippen molar-refractivity contribution in [3.63, 3.8) is 0 Å². The van der Waals surface area contributed by atoms with Gasteiger partial charge in [0.15, 0.2) is 5.82 Å². The van der Waals surface area contributed by atoms with Gasteiger partial charge in [0.2, 0.25) is 5.89 Å². The van der Waals surface area contributed by atoms with Crippen molar-refractivity contribution in [2.24, 2.45) is 17.6 Å². The number of fused-ring (bicyclic) bond motifs is 1. The van der Waals surface area contributed by atoms with Gasteiger partial charge in [-0.25, -0.2) is 0 Å². The maximum Gasteiger partial charge on any atom is 0.240 e. The van der Waals surface area contributed by atoms with E-state index < -0.39 is 0 Å². The molecule has 1 saturated carbocycles. The number of hydrogen-bond acceptors (Lipinski definition) is 5. The zero-order valence-corrected chi connectivity index (χ0v) is 12.1. The van der Waals surface area contributed by atoms with Crippen LogP contribution in [0.25, 0.3) is 0 Å². The highest BCUT2D eigenvalue weighted by Gasteiger charge is 2.41. The normalized spacial score (nSPS) is 31.9. The maximum atomic E-state index is 6.16. The van der Waals surface area contributed by atoms with Gasteiger partial charge in [0, 0.05) is 24.5 Å². The summed E-state index contributed by atoms with van der Waals surface area (Å²) in [5, 5.41) is 4.08. The fraction of sp³-hybridized carbons (Fsp3) is 0.857. The molecule has 0 radical (unpaired) electrons. The molecule has 0 spiro atoms. The zero-order chi connectivity index (χ0) is 13.6. The van der Waals surface area contributed by atoms with Crippen molar-refractivity contribution < 1.29 is 4.52 Å². The second-order valence-electron chi connectivity index (χ2n) is 7.12. The van der Waals surface area contributed by atoms with Gasteiger partial charge in [-0.15, -0.1) is 0 Å². The van der Waals surface area contributed by atoms with Crippen LogP contribution in [0.5, 0.6) is 0 Å². The van der Waals surface area contributed by atoms with Crippen molar-refractivity contribution in [3.8, 4) is 0 Å². The number of nitrogens with two attached hydrogens (primary N) is 1. The van der Waals surface area contributed by atoms with Crippen LogP contribution in [0.2, 0.25) is 0 Å². The van der Waals surface area contributed by atoms with Crippen molar-refractivity contribution in [3.05, 3.63) is 11.7 Å². The van der Waals surface area contributed by atoms with Gasteiger partial charge < -0.3 is 10.3 Å². The lowest BCUT2D eigenvalue weighted by Gasteiger charge is -2.16. The molecule has 0 amide bonds. The van der Waals surface area contributed by atoms with E-state index in [1.165, 1.54) is 12.8 Å². The molecule has 1 aliphatic carbocycles. The number of likely N-dealkylation sites (tertiary alicyclic amines) is 1. The van der Waals surface area contributed by atoms with Gasteiger partial charge in [0.05, 0.1) is 6.54 Å². The predicted octanol–water partition coefficient (Wildman–Crippen LogP) is 1.54. The molecule has 19 heavy (non-hydrogen) atoms. The highest BCUT2D eigenvalue weighted by atomic mass is 16.5. The van der Waals surface area contributed by atoms with Gasteiger partial charge in [0.1, 0.15) is 0 Å². The molecular weight excluding hydrogens is 240 g/mol. The van der Waals surface area contributed by atoms with Gasteiger partial charge in [0.25, 0.3) is 0 Å². The van der Waals surface area contributed by atoms with Crippen LogP contribution in [0.4, 0.5) is 0 Å². The molecule has 2 heterocycles. The summed E-state index contributed by atoms with van der Waals surface area (Å²) >= 11 is 0. The first kappa shape index (κ1) is 13.1. The number of nitrogens with zero attached hydrogens (tertiary/aromatic N) is 3. The summed E-state index contributed by atoms with van der Waals surface area (Å²) in [5.74, 6) is 2.97. The molecule has 3 rings (SSSR count). The lowest BCUT2D eigenvalue weighted by atomic mass is 9.96. The average molecular weight is 264 g/mol. The van der Waals surface area contributed by atoms with E-state index in [9.17, 15) is 0 Å². The third kappa shape index (κ3) is 2.54. The predicted molar refractivity (Wildman–Crippen MR) is 72.5 cm³/mol. The topological polar surface area (TPSA) is 68.2 Å². The van der Waals surface area contributed by atoms with Crippen LogP contribution in [-0.2, 0) is 12.0 Å². The lowest BCUT2D eigenvalue weighted by molar-refractivity contribution is 0.249. The first-order valence-corrected chi connectivity index (χ1v) is 7.24. The minimum Gasteiger partial charge on any atom is -0.338 e.